The van der Waals surface area contributed by atoms with Crippen LogP contribution in [0.5, 0.6) is 0 Å². The zero-order chi connectivity index (χ0) is 19.7. The van der Waals surface area contributed by atoms with Crippen molar-refractivity contribution in [2.75, 3.05) is 0 Å². The quantitative estimate of drug-likeness (QED) is 0.361. The van der Waals surface area contributed by atoms with Crippen LogP contribution >= 0.6 is 11.6 Å². The average molecular weight is 394 g/mol. The second kappa shape index (κ2) is 7.34. The molecule has 0 fully saturated rings. The van der Waals surface area contributed by atoms with Gasteiger partial charge >= 0.3 is 6.03 Å². The van der Waals surface area contributed by atoms with E-state index < -0.39 is 29.5 Å². The summed E-state index contributed by atoms with van der Waals surface area (Å²) in [6, 6.07) is 6.92. The van der Waals surface area contributed by atoms with Crippen LogP contribution in [0.25, 0.3) is 0 Å². The molecule has 1 atom stereocenters. The van der Waals surface area contributed by atoms with Gasteiger partial charge in [-0.2, -0.15) is 0 Å². The third-order valence-electron chi connectivity index (χ3n) is 4.08. The van der Waals surface area contributed by atoms with Gasteiger partial charge in [0, 0.05) is 10.6 Å². The van der Waals surface area contributed by atoms with Crippen molar-refractivity contribution in [2.45, 2.75) is 13.0 Å². The molecule has 0 aliphatic carbocycles. The normalized spacial score (nSPS) is 16.3. The number of Topliss-reactive ketones (excluding diaryl/α,β-unsaturated/α-hetero) is 1. The minimum atomic E-state index is -1.35. The molecule has 2 aromatic rings. The Labute approximate surface area is 158 Å². The molecule has 2 aromatic carbocycles. The number of allylic oxidation sites excluding steroid dienone is 1. The van der Waals surface area contributed by atoms with E-state index in [1.54, 1.807) is 0 Å². The van der Waals surface area contributed by atoms with Crippen molar-refractivity contribution < 1.29 is 23.2 Å². The number of hydrogen-bond acceptors (Lipinski definition) is 4. The predicted molar refractivity (Wildman–Crippen MR) is 93.2 cm³/mol. The first-order chi connectivity index (χ1) is 12.9. The molecule has 140 valence electrons. The highest BCUT2D eigenvalue weighted by molar-refractivity contribution is 6.31. The third kappa shape index (κ3) is 3.24. The van der Waals surface area contributed by atoms with Crippen molar-refractivity contribution in [3.05, 3.63) is 81.6 Å². The van der Waals surface area contributed by atoms with E-state index in [2.05, 4.69) is 0 Å². The van der Waals surface area contributed by atoms with Crippen molar-refractivity contribution in [3.63, 3.8) is 0 Å². The summed E-state index contributed by atoms with van der Waals surface area (Å²) in [4.78, 5) is 30.5. The van der Waals surface area contributed by atoms with Crippen LogP contribution in [0.1, 0.15) is 28.9 Å². The molecule has 1 aliphatic heterocycles. The number of rotatable bonds is 3. The molecule has 0 spiro atoms. The van der Waals surface area contributed by atoms with Gasteiger partial charge in [0.2, 0.25) is 0 Å². The summed E-state index contributed by atoms with van der Waals surface area (Å²) in [7, 11) is 0. The van der Waals surface area contributed by atoms with E-state index >= 15 is 0 Å². The molecule has 1 aliphatic rings. The largest absolute Gasteiger partial charge is 0.379 e. The molecular formula is C18H14ClF2N3O3. The summed E-state index contributed by atoms with van der Waals surface area (Å²) in [5, 5.41) is 0.653. The van der Waals surface area contributed by atoms with Gasteiger partial charge in [0.1, 0.15) is 23.4 Å². The molecular weight excluding hydrogens is 380 g/mol. The summed E-state index contributed by atoms with van der Waals surface area (Å²) in [5.74, 6) is 2.87. The van der Waals surface area contributed by atoms with E-state index in [9.17, 15) is 18.4 Å². The SMILES string of the molecule is CC1=C(C(=O)c2ccccc2F)C(c2c(F)cccc2Cl)N(C(=O)NN)O1. The molecule has 9 heteroatoms. The van der Waals surface area contributed by atoms with Gasteiger partial charge in [0.05, 0.1) is 11.1 Å². The smallest absolute Gasteiger partial charge is 0.365 e. The fourth-order valence-electron chi connectivity index (χ4n) is 2.89. The topological polar surface area (TPSA) is 84.7 Å². The number of nitrogens with two attached hydrogens (primary N) is 1. The Morgan fingerprint density at radius 2 is 1.81 bits per heavy atom. The number of urea groups is 1. The van der Waals surface area contributed by atoms with E-state index in [4.69, 9.17) is 22.3 Å². The van der Waals surface area contributed by atoms with Crippen molar-refractivity contribution in [2.24, 2.45) is 5.84 Å². The number of hydrazine groups is 1. The molecule has 1 unspecified atom stereocenters. The number of halogens is 3. The molecule has 0 radical (unpaired) electrons. The van der Waals surface area contributed by atoms with Gasteiger partial charge in [0.25, 0.3) is 0 Å². The standard InChI is InChI=1S/C18H14ClF2N3O3/c1-9-14(17(25)10-5-2-3-7-12(10)20)16(24(27-9)18(26)23-22)15-11(19)6-4-8-13(15)21/h2-8,16H,22H2,1H3,(H,23,26). The van der Waals surface area contributed by atoms with Gasteiger partial charge < -0.3 is 4.84 Å². The zero-order valence-corrected chi connectivity index (χ0v) is 14.8. The Morgan fingerprint density at radius 3 is 2.44 bits per heavy atom. The number of nitrogens with one attached hydrogen (secondary N) is 1. The van der Waals surface area contributed by atoms with Crippen LogP contribution in [0.2, 0.25) is 5.02 Å². The number of hydroxylamine groups is 2. The summed E-state index contributed by atoms with van der Waals surface area (Å²) in [5.41, 5.74) is 1.32. The molecule has 6 nitrogen and oxygen atoms in total. The number of benzene rings is 2. The van der Waals surface area contributed by atoms with Crippen molar-refractivity contribution >= 4 is 23.4 Å². The molecule has 1 heterocycles. The van der Waals surface area contributed by atoms with Crippen LogP contribution in [0.15, 0.2) is 53.8 Å². The van der Waals surface area contributed by atoms with Gasteiger partial charge in [0.15, 0.2) is 5.78 Å². The van der Waals surface area contributed by atoms with E-state index in [0.717, 1.165) is 12.1 Å². The lowest BCUT2D eigenvalue weighted by atomic mass is 9.91. The number of carbonyl (C=O) groups is 2. The number of ketones is 1. The van der Waals surface area contributed by atoms with E-state index in [-0.39, 0.29) is 27.5 Å². The van der Waals surface area contributed by atoms with Gasteiger partial charge in [-0.15, -0.1) is 5.06 Å². The Bertz CT molecular complexity index is 944. The third-order valence-corrected chi connectivity index (χ3v) is 4.41. The molecule has 0 saturated carbocycles. The van der Waals surface area contributed by atoms with E-state index in [1.807, 2.05) is 5.43 Å². The first-order valence-electron chi connectivity index (χ1n) is 7.78. The summed E-state index contributed by atoms with van der Waals surface area (Å²) >= 11 is 6.12. The maximum absolute atomic E-state index is 14.6. The molecule has 27 heavy (non-hydrogen) atoms. The average Bonchev–Trinajstić information content (AvgIpc) is 2.97. The predicted octanol–water partition coefficient (Wildman–Crippen LogP) is 3.65. The Balaban J connectivity index is 2.19. The maximum atomic E-state index is 14.6. The molecule has 3 N–H and O–H groups in total. The van der Waals surface area contributed by atoms with Gasteiger partial charge in [-0.3, -0.25) is 10.2 Å². The van der Waals surface area contributed by atoms with Crippen molar-refractivity contribution in [1.29, 1.82) is 0 Å². The Hall–Kier alpha value is -2.97. The Morgan fingerprint density at radius 1 is 1.15 bits per heavy atom. The van der Waals surface area contributed by atoms with Crippen LogP contribution in [-0.4, -0.2) is 16.9 Å². The van der Waals surface area contributed by atoms with Gasteiger partial charge in [-0.05, 0) is 31.2 Å². The molecule has 0 bridgehead atoms. The first-order valence-corrected chi connectivity index (χ1v) is 8.16. The lowest BCUT2D eigenvalue weighted by Crippen LogP contribution is -2.43. The fraction of sp³-hybridized carbons (Fsp3) is 0.111. The van der Waals surface area contributed by atoms with Gasteiger partial charge in [-0.1, -0.05) is 29.8 Å². The van der Waals surface area contributed by atoms with E-state index in [1.165, 1.54) is 37.3 Å². The lowest BCUT2D eigenvalue weighted by molar-refractivity contribution is -0.0726. The van der Waals surface area contributed by atoms with Crippen molar-refractivity contribution in [3.8, 4) is 0 Å². The number of hydrogen-bond donors (Lipinski definition) is 2. The summed E-state index contributed by atoms with van der Waals surface area (Å²) in [6.45, 7) is 1.40. The van der Waals surface area contributed by atoms with Crippen LogP contribution < -0.4 is 11.3 Å². The van der Waals surface area contributed by atoms with Crippen LogP contribution in [0, 0.1) is 11.6 Å². The minimum absolute atomic E-state index is 0.00354. The Kier molecular flexibility index (Phi) is 5.11. The van der Waals surface area contributed by atoms with Crippen LogP contribution in [0.4, 0.5) is 13.6 Å². The van der Waals surface area contributed by atoms with Crippen LogP contribution in [0.3, 0.4) is 0 Å². The highest BCUT2D eigenvalue weighted by Gasteiger charge is 2.44. The number of nitrogens with zero attached hydrogens (tertiary/aromatic N) is 1. The summed E-state index contributed by atoms with van der Waals surface area (Å²) < 4.78 is 28.7. The first kappa shape index (κ1) is 18.8. The van der Waals surface area contributed by atoms with Crippen LogP contribution in [-0.2, 0) is 4.84 Å². The molecule has 2 amide bonds. The maximum Gasteiger partial charge on any atom is 0.365 e. The fourth-order valence-corrected chi connectivity index (χ4v) is 3.16. The molecule has 3 rings (SSSR count). The van der Waals surface area contributed by atoms with Crippen molar-refractivity contribution in [1.82, 2.24) is 10.5 Å². The molecule has 0 saturated heterocycles. The highest BCUT2D eigenvalue weighted by Crippen LogP contribution is 2.43. The van der Waals surface area contributed by atoms with Gasteiger partial charge in [-0.25, -0.2) is 19.4 Å². The molecule has 0 aromatic heterocycles. The monoisotopic (exact) mass is 393 g/mol. The summed E-state index contributed by atoms with van der Waals surface area (Å²) in [6.07, 6.45) is 0. The second-order valence-electron chi connectivity index (χ2n) is 5.68. The zero-order valence-electron chi connectivity index (χ0n) is 14.0. The highest BCUT2D eigenvalue weighted by atomic mass is 35.5. The van der Waals surface area contributed by atoms with E-state index in [0.29, 0.717) is 5.06 Å². The minimum Gasteiger partial charge on any atom is -0.379 e. The number of carbonyl (C=O) groups excluding carboxylic acids is 2. The number of amides is 2. The lowest BCUT2D eigenvalue weighted by Gasteiger charge is -2.25. The second-order valence-corrected chi connectivity index (χ2v) is 6.09.